The minimum atomic E-state index is -0.0401. The SMILES string of the molecule is CC1(C)c2ccccc2-c2cc(N(c3ccc(-c4ccccc4)cc3)c3ccc(-c4ccc(N5c6c(ccc7ccccc67)C6C=CC=CC65)cc4)cc3)ccc21. The summed E-state index contributed by atoms with van der Waals surface area (Å²) < 4.78 is 0. The molecule has 0 saturated carbocycles. The first-order valence-corrected chi connectivity index (χ1v) is 20.1. The Labute approximate surface area is 335 Å². The van der Waals surface area contributed by atoms with Crippen LogP contribution in [0.5, 0.6) is 0 Å². The minimum absolute atomic E-state index is 0.0401. The number of hydrogen-bond donors (Lipinski definition) is 0. The Balaban J connectivity index is 0.955. The van der Waals surface area contributed by atoms with Crippen molar-refractivity contribution < 1.29 is 0 Å². The van der Waals surface area contributed by atoms with Crippen molar-refractivity contribution in [3.63, 3.8) is 0 Å². The van der Waals surface area contributed by atoms with Crippen LogP contribution in [0.3, 0.4) is 0 Å². The van der Waals surface area contributed by atoms with Gasteiger partial charge in [0.1, 0.15) is 0 Å². The number of nitrogens with zero attached hydrogens (tertiary/aromatic N) is 2. The van der Waals surface area contributed by atoms with Crippen molar-refractivity contribution in [2.24, 2.45) is 0 Å². The highest BCUT2D eigenvalue weighted by atomic mass is 15.2. The normalized spacial score (nSPS) is 16.9. The van der Waals surface area contributed by atoms with Crippen LogP contribution in [0.15, 0.2) is 206 Å². The molecule has 2 nitrogen and oxygen atoms in total. The quantitative estimate of drug-likeness (QED) is 0.168. The highest BCUT2D eigenvalue weighted by Crippen LogP contribution is 2.52. The molecule has 0 fully saturated rings. The molecule has 8 aromatic carbocycles. The summed E-state index contributed by atoms with van der Waals surface area (Å²) in [6.45, 7) is 4.69. The van der Waals surface area contributed by atoms with Gasteiger partial charge in [0.25, 0.3) is 0 Å². The van der Waals surface area contributed by atoms with E-state index in [2.05, 4.69) is 230 Å². The Hall–Kier alpha value is -6.90. The Morgan fingerprint density at radius 1 is 0.474 bits per heavy atom. The lowest BCUT2D eigenvalue weighted by molar-refractivity contribution is 0.660. The van der Waals surface area contributed by atoms with Crippen molar-refractivity contribution >= 4 is 39.2 Å². The first kappa shape index (κ1) is 33.4. The molecule has 2 heteroatoms. The van der Waals surface area contributed by atoms with Crippen molar-refractivity contribution in [1.82, 2.24) is 0 Å². The maximum atomic E-state index is 2.55. The van der Waals surface area contributed by atoms with Crippen LogP contribution in [0.2, 0.25) is 0 Å². The zero-order chi connectivity index (χ0) is 38.1. The molecule has 0 radical (unpaired) electrons. The van der Waals surface area contributed by atoms with Gasteiger partial charge >= 0.3 is 0 Å². The van der Waals surface area contributed by atoms with Crippen molar-refractivity contribution in [3.05, 3.63) is 223 Å². The molecule has 8 aromatic rings. The molecule has 0 aromatic heterocycles. The topological polar surface area (TPSA) is 6.48 Å². The average Bonchev–Trinajstić information content (AvgIpc) is 3.73. The first-order valence-electron chi connectivity index (χ1n) is 20.1. The highest BCUT2D eigenvalue weighted by Gasteiger charge is 2.39. The lowest BCUT2D eigenvalue weighted by Crippen LogP contribution is -2.28. The molecule has 2 unspecified atom stereocenters. The van der Waals surface area contributed by atoms with Crippen molar-refractivity contribution in [3.8, 4) is 33.4 Å². The molecular weight excluding hydrogens is 689 g/mol. The van der Waals surface area contributed by atoms with E-state index in [0.29, 0.717) is 5.92 Å². The molecule has 0 N–H and O–H groups in total. The molecule has 1 aliphatic heterocycles. The van der Waals surface area contributed by atoms with Crippen LogP contribution in [0.25, 0.3) is 44.2 Å². The Kier molecular flexibility index (Phi) is 7.69. The second-order valence-corrected chi connectivity index (χ2v) is 16.1. The van der Waals surface area contributed by atoms with Crippen molar-refractivity contribution in [2.45, 2.75) is 31.2 Å². The van der Waals surface area contributed by atoms with Gasteiger partial charge in [-0.15, -0.1) is 0 Å². The van der Waals surface area contributed by atoms with Crippen LogP contribution in [0, 0.1) is 0 Å². The lowest BCUT2D eigenvalue weighted by Gasteiger charge is -2.29. The molecule has 2 atom stereocenters. The Morgan fingerprint density at radius 3 is 1.79 bits per heavy atom. The number of hydrogen-bond acceptors (Lipinski definition) is 2. The molecule has 0 amide bonds. The van der Waals surface area contributed by atoms with E-state index in [4.69, 9.17) is 0 Å². The van der Waals surface area contributed by atoms with Gasteiger partial charge in [-0.25, -0.2) is 0 Å². The molecule has 11 rings (SSSR count). The van der Waals surface area contributed by atoms with E-state index < -0.39 is 0 Å². The van der Waals surface area contributed by atoms with E-state index in [1.54, 1.807) is 0 Å². The Bertz CT molecular complexity index is 2860. The van der Waals surface area contributed by atoms with Gasteiger partial charge < -0.3 is 9.80 Å². The molecule has 0 saturated heterocycles. The maximum absolute atomic E-state index is 2.55. The van der Waals surface area contributed by atoms with Crippen LogP contribution in [0.1, 0.15) is 36.5 Å². The van der Waals surface area contributed by atoms with Crippen LogP contribution in [-0.4, -0.2) is 6.04 Å². The van der Waals surface area contributed by atoms with Gasteiger partial charge in [0, 0.05) is 39.5 Å². The third kappa shape index (κ3) is 5.39. The predicted molar refractivity (Wildman–Crippen MR) is 240 cm³/mol. The van der Waals surface area contributed by atoms with E-state index in [1.165, 1.54) is 72.2 Å². The van der Waals surface area contributed by atoms with E-state index in [-0.39, 0.29) is 11.5 Å². The summed E-state index contributed by atoms with van der Waals surface area (Å²) in [5.74, 6) is 0.339. The standard InChI is InChI=1S/C55H42N2/c1-55(2)51-18-10-8-16-47(51)50-36-45(33-35-52(50)55)56(42-27-20-38(21-28-42)37-12-4-3-5-13-37)43-29-22-39(23-30-43)40-24-31-44(32-25-40)57-53-19-11-9-17-48(53)49-34-26-41-14-6-7-15-46(41)54(49)57/h3-36,48,53H,1-2H3. The maximum Gasteiger partial charge on any atom is 0.0629 e. The summed E-state index contributed by atoms with van der Waals surface area (Å²) in [5.41, 5.74) is 17.5. The molecule has 2 aliphatic carbocycles. The van der Waals surface area contributed by atoms with Gasteiger partial charge in [-0.2, -0.15) is 0 Å². The summed E-state index contributed by atoms with van der Waals surface area (Å²) in [6.07, 6.45) is 9.11. The van der Waals surface area contributed by atoms with Crippen LogP contribution in [0.4, 0.5) is 28.4 Å². The molecular formula is C55H42N2. The second-order valence-electron chi connectivity index (χ2n) is 16.1. The van der Waals surface area contributed by atoms with Gasteiger partial charge in [0.05, 0.1) is 11.7 Å². The first-order chi connectivity index (χ1) is 28.0. The molecule has 1 heterocycles. The number of fused-ring (bicyclic) bond motifs is 8. The van der Waals surface area contributed by atoms with Crippen molar-refractivity contribution in [1.29, 1.82) is 0 Å². The fourth-order valence-corrected chi connectivity index (χ4v) is 9.74. The molecule has 0 bridgehead atoms. The fourth-order valence-electron chi connectivity index (χ4n) is 9.74. The van der Waals surface area contributed by atoms with Crippen LogP contribution in [-0.2, 0) is 5.41 Å². The summed E-state index contributed by atoms with van der Waals surface area (Å²) >= 11 is 0. The van der Waals surface area contributed by atoms with Gasteiger partial charge in [0.2, 0.25) is 0 Å². The minimum Gasteiger partial charge on any atom is -0.333 e. The monoisotopic (exact) mass is 730 g/mol. The van der Waals surface area contributed by atoms with Crippen LogP contribution < -0.4 is 9.80 Å². The van der Waals surface area contributed by atoms with Crippen molar-refractivity contribution in [2.75, 3.05) is 9.80 Å². The van der Waals surface area contributed by atoms with E-state index >= 15 is 0 Å². The third-order valence-corrected chi connectivity index (χ3v) is 12.6. The largest absolute Gasteiger partial charge is 0.333 e. The van der Waals surface area contributed by atoms with Gasteiger partial charge in [-0.1, -0.05) is 172 Å². The Morgan fingerprint density at radius 2 is 1.05 bits per heavy atom. The number of rotatable bonds is 6. The summed E-state index contributed by atoms with van der Waals surface area (Å²) in [7, 11) is 0. The van der Waals surface area contributed by atoms with Gasteiger partial charge in [-0.3, -0.25) is 0 Å². The van der Waals surface area contributed by atoms with E-state index in [0.717, 1.165) is 17.1 Å². The highest BCUT2D eigenvalue weighted by molar-refractivity contribution is 6.00. The van der Waals surface area contributed by atoms with Gasteiger partial charge in [-0.05, 0) is 104 Å². The predicted octanol–water partition coefficient (Wildman–Crippen LogP) is 14.7. The zero-order valence-electron chi connectivity index (χ0n) is 32.2. The second kappa shape index (κ2) is 13.1. The average molecular weight is 731 g/mol. The smallest absolute Gasteiger partial charge is 0.0629 e. The summed E-state index contributed by atoms with van der Waals surface area (Å²) in [4.78, 5) is 4.94. The zero-order valence-corrected chi connectivity index (χ0v) is 32.2. The van der Waals surface area contributed by atoms with Gasteiger partial charge in [0.15, 0.2) is 0 Å². The molecule has 0 spiro atoms. The lowest BCUT2D eigenvalue weighted by atomic mass is 9.82. The fraction of sp³-hybridized carbons (Fsp3) is 0.0909. The summed E-state index contributed by atoms with van der Waals surface area (Å²) in [6, 6.07) is 67.4. The summed E-state index contributed by atoms with van der Waals surface area (Å²) in [5, 5.41) is 2.58. The van der Waals surface area contributed by atoms with E-state index in [1.807, 2.05) is 0 Å². The molecule has 3 aliphatic rings. The molecule has 272 valence electrons. The molecule has 57 heavy (non-hydrogen) atoms. The number of anilines is 5. The number of allylic oxidation sites excluding steroid dienone is 2. The van der Waals surface area contributed by atoms with E-state index in [9.17, 15) is 0 Å². The third-order valence-electron chi connectivity index (χ3n) is 12.6. The van der Waals surface area contributed by atoms with Crippen LogP contribution >= 0.6 is 0 Å². The number of benzene rings is 8.